The van der Waals surface area contributed by atoms with Gasteiger partial charge in [-0.3, -0.25) is 4.79 Å². The lowest BCUT2D eigenvalue weighted by atomic mass is 10.1. The van der Waals surface area contributed by atoms with Crippen LogP contribution in [0.4, 0.5) is 4.39 Å². The topological polar surface area (TPSA) is 39.4 Å². The van der Waals surface area contributed by atoms with Gasteiger partial charge in [0, 0.05) is 11.1 Å². The van der Waals surface area contributed by atoms with Gasteiger partial charge in [-0.15, -0.1) is 0 Å². The third-order valence-corrected chi connectivity index (χ3v) is 3.51. The number of benzene rings is 2. The third kappa shape index (κ3) is 3.60. The van der Waals surface area contributed by atoms with Gasteiger partial charge in [0.2, 0.25) is 0 Å². The lowest BCUT2D eigenvalue weighted by molar-refractivity contribution is 0.104. The summed E-state index contributed by atoms with van der Waals surface area (Å²) in [7, 11) is 1.55. The second-order valence-corrected chi connectivity index (χ2v) is 5.14. The van der Waals surface area contributed by atoms with E-state index in [0.29, 0.717) is 22.8 Å². The summed E-state index contributed by atoms with van der Waals surface area (Å²) in [5.74, 6) is 1.35. The van der Waals surface area contributed by atoms with Gasteiger partial charge < -0.3 is 9.15 Å². The number of carbonyl (C=O) groups is 1. The van der Waals surface area contributed by atoms with Crippen LogP contribution in [0, 0.1) is 5.82 Å². The van der Waals surface area contributed by atoms with Crippen molar-refractivity contribution in [1.82, 2.24) is 0 Å². The predicted molar refractivity (Wildman–Crippen MR) is 90.5 cm³/mol. The van der Waals surface area contributed by atoms with Gasteiger partial charge in [-0.2, -0.15) is 0 Å². The highest BCUT2D eigenvalue weighted by Gasteiger charge is 2.06. The van der Waals surface area contributed by atoms with Gasteiger partial charge in [0.05, 0.1) is 7.11 Å². The number of furan rings is 1. The number of ether oxygens (including phenoxy) is 1. The monoisotopic (exact) mass is 322 g/mol. The Morgan fingerprint density at radius 2 is 1.88 bits per heavy atom. The molecular weight excluding hydrogens is 307 g/mol. The smallest absolute Gasteiger partial charge is 0.186 e. The molecule has 24 heavy (non-hydrogen) atoms. The molecule has 0 saturated carbocycles. The number of rotatable bonds is 5. The molecule has 0 N–H and O–H groups in total. The van der Waals surface area contributed by atoms with Gasteiger partial charge >= 0.3 is 0 Å². The maximum atomic E-state index is 12.9. The maximum absolute atomic E-state index is 12.9. The van der Waals surface area contributed by atoms with Crippen molar-refractivity contribution in [3.63, 3.8) is 0 Å². The van der Waals surface area contributed by atoms with Crippen molar-refractivity contribution in [2.75, 3.05) is 7.11 Å². The Morgan fingerprint density at radius 1 is 1.08 bits per heavy atom. The van der Waals surface area contributed by atoms with E-state index in [1.54, 1.807) is 61.7 Å². The molecule has 1 heterocycles. The molecule has 0 radical (unpaired) electrons. The minimum Gasteiger partial charge on any atom is -0.497 e. The van der Waals surface area contributed by atoms with Crippen molar-refractivity contribution in [3.05, 3.63) is 83.9 Å². The lowest BCUT2D eigenvalue weighted by Gasteiger charge is -2.00. The van der Waals surface area contributed by atoms with E-state index in [2.05, 4.69) is 0 Å². The number of carbonyl (C=O) groups excluding carboxylic acids is 1. The molecule has 0 saturated heterocycles. The number of hydrogen-bond donors (Lipinski definition) is 0. The zero-order valence-corrected chi connectivity index (χ0v) is 13.0. The summed E-state index contributed by atoms with van der Waals surface area (Å²) in [6, 6.07) is 16.5. The maximum Gasteiger partial charge on any atom is 0.186 e. The summed E-state index contributed by atoms with van der Waals surface area (Å²) in [5, 5.41) is 0. The predicted octanol–water partition coefficient (Wildman–Crippen LogP) is 4.99. The summed E-state index contributed by atoms with van der Waals surface area (Å²) < 4.78 is 23.7. The molecule has 0 bridgehead atoms. The molecule has 0 aliphatic heterocycles. The first-order valence-corrected chi connectivity index (χ1v) is 7.38. The van der Waals surface area contributed by atoms with Gasteiger partial charge in [-0.1, -0.05) is 12.1 Å². The fraction of sp³-hybridized carbons (Fsp3) is 0.0500. The fourth-order valence-electron chi connectivity index (χ4n) is 2.24. The zero-order chi connectivity index (χ0) is 16.9. The summed E-state index contributed by atoms with van der Waals surface area (Å²) in [5.41, 5.74) is 1.31. The number of methoxy groups -OCH3 is 1. The van der Waals surface area contributed by atoms with E-state index < -0.39 is 0 Å². The molecule has 0 atom stereocenters. The minimum absolute atomic E-state index is 0.145. The molecule has 0 aliphatic rings. The Labute approximate surface area is 139 Å². The molecule has 3 rings (SSSR count). The van der Waals surface area contributed by atoms with Gasteiger partial charge in [0.25, 0.3) is 0 Å². The van der Waals surface area contributed by atoms with Crippen LogP contribution in [0.15, 0.2) is 71.2 Å². The van der Waals surface area contributed by atoms with Gasteiger partial charge in [0.1, 0.15) is 23.1 Å². The van der Waals surface area contributed by atoms with Crippen LogP contribution in [-0.4, -0.2) is 12.9 Å². The van der Waals surface area contributed by atoms with Crippen LogP contribution in [0.1, 0.15) is 16.1 Å². The molecular formula is C20H15FO3. The second-order valence-electron chi connectivity index (χ2n) is 5.14. The number of allylic oxidation sites excluding steroid dienone is 1. The normalized spacial score (nSPS) is 10.9. The van der Waals surface area contributed by atoms with E-state index in [4.69, 9.17) is 9.15 Å². The number of hydrogen-bond acceptors (Lipinski definition) is 3. The first-order chi connectivity index (χ1) is 11.7. The Bertz CT molecular complexity index is 876. The van der Waals surface area contributed by atoms with Crippen molar-refractivity contribution in [2.45, 2.75) is 0 Å². The molecule has 4 heteroatoms. The van der Waals surface area contributed by atoms with Crippen molar-refractivity contribution in [2.24, 2.45) is 0 Å². The average molecular weight is 322 g/mol. The summed E-state index contributed by atoms with van der Waals surface area (Å²) in [4.78, 5) is 12.2. The quantitative estimate of drug-likeness (QED) is 0.491. The van der Waals surface area contributed by atoms with Crippen LogP contribution in [0.25, 0.3) is 17.4 Å². The van der Waals surface area contributed by atoms with Crippen LogP contribution >= 0.6 is 0 Å². The molecule has 120 valence electrons. The Hall–Kier alpha value is -3.14. The van der Waals surface area contributed by atoms with Crippen molar-refractivity contribution in [1.29, 1.82) is 0 Å². The molecule has 1 aromatic heterocycles. The van der Waals surface area contributed by atoms with Gasteiger partial charge in [-0.05, 0) is 60.7 Å². The van der Waals surface area contributed by atoms with Crippen LogP contribution < -0.4 is 4.74 Å². The van der Waals surface area contributed by atoms with Gasteiger partial charge in [-0.25, -0.2) is 4.39 Å². The van der Waals surface area contributed by atoms with Crippen molar-refractivity contribution in [3.8, 4) is 17.1 Å². The highest BCUT2D eigenvalue weighted by molar-refractivity contribution is 6.06. The largest absolute Gasteiger partial charge is 0.497 e. The molecule has 0 spiro atoms. The number of halogens is 1. The SMILES string of the molecule is COc1cccc(C(=O)C=Cc2ccc(-c3ccc(F)cc3)o2)c1. The zero-order valence-electron chi connectivity index (χ0n) is 13.0. The first kappa shape index (κ1) is 15.7. The summed E-state index contributed by atoms with van der Waals surface area (Å²) >= 11 is 0. The number of ketones is 1. The summed E-state index contributed by atoms with van der Waals surface area (Å²) in [6.07, 6.45) is 3.05. The Balaban J connectivity index is 1.75. The van der Waals surface area contributed by atoms with E-state index in [0.717, 1.165) is 5.56 Å². The molecule has 0 amide bonds. The standard InChI is InChI=1S/C20H15FO3/c1-23-18-4-2-3-15(13-18)19(22)11-9-17-10-12-20(24-17)14-5-7-16(21)8-6-14/h2-13H,1H3. The fourth-order valence-corrected chi connectivity index (χ4v) is 2.24. The molecule has 0 unspecified atom stereocenters. The lowest BCUT2D eigenvalue weighted by Crippen LogP contribution is -1.94. The highest BCUT2D eigenvalue weighted by Crippen LogP contribution is 2.23. The Morgan fingerprint density at radius 3 is 2.62 bits per heavy atom. The van der Waals surface area contributed by atoms with E-state index in [1.165, 1.54) is 18.2 Å². The third-order valence-electron chi connectivity index (χ3n) is 3.51. The summed E-state index contributed by atoms with van der Waals surface area (Å²) in [6.45, 7) is 0. The molecule has 0 aliphatic carbocycles. The van der Waals surface area contributed by atoms with E-state index in [9.17, 15) is 9.18 Å². The highest BCUT2D eigenvalue weighted by atomic mass is 19.1. The molecule has 3 aromatic rings. The van der Waals surface area contributed by atoms with E-state index in [1.807, 2.05) is 0 Å². The van der Waals surface area contributed by atoms with Crippen LogP contribution in [0.5, 0.6) is 5.75 Å². The van der Waals surface area contributed by atoms with Crippen LogP contribution in [-0.2, 0) is 0 Å². The first-order valence-electron chi connectivity index (χ1n) is 7.38. The van der Waals surface area contributed by atoms with Gasteiger partial charge in [0.15, 0.2) is 5.78 Å². The minimum atomic E-state index is -0.297. The van der Waals surface area contributed by atoms with Crippen LogP contribution in [0.3, 0.4) is 0 Å². The van der Waals surface area contributed by atoms with Crippen molar-refractivity contribution < 1.29 is 18.3 Å². The van der Waals surface area contributed by atoms with E-state index >= 15 is 0 Å². The Kier molecular flexibility index (Phi) is 4.57. The van der Waals surface area contributed by atoms with Crippen LogP contribution in [0.2, 0.25) is 0 Å². The average Bonchev–Trinajstić information content (AvgIpc) is 3.09. The molecule has 3 nitrogen and oxygen atoms in total. The molecule has 2 aromatic carbocycles. The van der Waals surface area contributed by atoms with E-state index in [-0.39, 0.29) is 11.6 Å². The second kappa shape index (κ2) is 6.96. The molecule has 0 fully saturated rings. The van der Waals surface area contributed by atoms with Crippen molar-refractivity contribution >= 4 is 11.9 Å².